The lowest BCUT2D eigenvalue weighted by molar-refractivity contribution is -0.123. The van der Waals surface area contributed by atoms with Gasteiger partial charge in [-0.3, -0.25) is 4.79 Å². The molecule has 5 rings (SSSR count). The zero-order valence-electron chi connectivity index (χ0n) is 20.2. The number of imide groups is 1. The molecule has 1 saturated heterocycles. The van der Waals surface area contributed by atoms with Crippen molar-refractivity contribution in [1.82, 2.24) is 4.90 Å². The van der Waals surface area contributed by atoms with Gasteiger partial charge in [-0.15, -0.1) is 0 Å². The SMILES string of the molecule is CC1C=C(N(c2ccccc2)c2ccccc2)C=CC1/C=C1\OC(=O)N(CCc2ccccc2)C1=O. The Morgan fingerprint density at radius 3 is 2.03 bits per heavy atom. The van der Waals surface area contributed by atoms with Gasteiger partial charge in [-0.05, 0) is 54.3 Å². The molecule has 5 nitrogen and oxygen atoms in total. The van der Waals surface area contributed by atoms with Gasteiger partial charge in [0.25, 0.3) is 5.91 Å². The molecule has 1 fully saturated rings. The number of hydrogen-bond acceptors (Lipinski definition) is 4. The standard InChI is InChI=1S/C31H28N2O3/c1-23-21-28(33(26-13-7-3-8-14-26)27-15-9-4-10-16-27)18-17-25(23)22-29-30(34)32(31(35)36-29)20-19-24-11-5-2-6-12-24/h2-18,21-23,25H,19-20H2,1H3/b29-22-. The van der Waals surface area contributed by atoms with E-state index in [0.29, 0.717) is 13.0 Å². The van der Waals surface area contributed by atoms with Crippen LogP contribution in [0.5, 0.6) is 0 Å². The Morgan fingerprint density at radius 1 is 0.861 bits per heavy atom. The molecule has 0 bridgehead atoms. The van der Waals surface area contributed by atoms with Crippen molar-refractivity contribution in [3.63, 3.8) is 0 Å². The zero-order chi connectivity index (χ0) is 24.9. The number of nitrogens with zero attached hydrogens (tertiary/aromatic N) is 2. The Labute approximate surface area is 211 Å². The topological polar surface area (TPSA) is 49.9 Å². The molecule has 0 aromatic heterocycles. The van der Waals surface area contributed by atoms with Crippen LogP contribution < -0.4 is 4.90 Å². The van der Waals surface area contributed by atoms with E-state index in [9.17, 15) is 9.59 Å². The molecular weight excluding hydrogens is 448 g/mol. The predicted octanol–water partition coefficient (Wildman–Crippen LogP) is 6.64. The Bertz CT molecular complexity index is 1270. The molecule has 36 heavy (non-hydrogen) atoms. The van der Waals surface area contributed by atoms with Crippen LogP contribution in [-0.2, 0) is 16.0 Å². The Hall–Kier alpha value is -4.38. The fourth-order valence-electron chi connectivity index (χ4n) is 4.55. The summed E-state index contributed by atoms with van der Waals surface area (Å²) in [6.45, 7) is 2.40. The quantitative estimate of drug-likeness (QED) is 0.359. The lowest BCUT2D eigenvalue weighted by Crippen LogP contribution is -2.31. The van der Waals surface area contributed by atoms with Crippen molar-refractivity contribution in [3.8, 4) is 0 Å². The van der Waals surface area contributed by atoms with Crippen LogP contribution in [0.15, 0.2) is 127 Å². The van der Waals surface area contributed by atoms with Gasteiger partial charge in [-0.25, -0.2) is 9.69 Å². The van der Waals surface area contributed by atoms with Crippen molar-refractivity contribution in [1.29, 1.82) is 0 Å². The smallest absolute Gasteiger partial charge is 0.404 e. The van der Waals surface area contributed by atoms with Crippen molar-refractivity contribution in [2.24, 2.45) is 11.8 Å². The second-order valence-corrected chi connectivity index (χ2v) is 8.98. The van der Waals surface area contributed by atoms with Gasteiger partial charge in [0.15, 0.2) is 5.76 Å². The molecule has 0 N–H and O–H groups in total. The predicted molar refractivity (Wildman–Crippen MR) is 141 cm³/mol. The molecule has 1 heterocycles. The van der Waals surface area contributed by atoms with Crippen molar-refractivity contribution in [3.05, 3.63) is 132 Å². The summed E-state index contributed by atoms with van der Waals surface area (Å²) in [5.41, 5.74) is 4.25. The van der Waals surface area contributed by atoms with Gasteiger partial charge in [0, 0.05) is 29.5 Å². The van der Waals surface area contributed by atoms with E-state index in [4.69, 9.17) is 4.74 Å². The number of hydrogen-bond donors (Lipinski definition) is 0. The molecule has 3 aromatic carbocycles. The van der Waals surface area contributed by atoms with E-state index in [1.54, 1.807) is 6.08 Å². The van der Waals surface area contributed by atoms with Gasteiger partial charge in [0.2, 0.25) is 0 Å². The van der Waals surface area contributed by atoms with Gasteiger partial charge in [0.05, 0.1) is 0 Å². The minimum absolute atomic E-state index is 0.0667. The summed E-state index contributed by atoms with van der Waals surface area (Å²) < 4.78 is 5.37. The fraction of sp³-hybridized carbons (Fsp3) is 0.161. The molecule has 2 aliphatic rings. The largest absolute Gasteiger partial charge is 0.422 e. The Balaban J connectivity index is 1.33. The van der Waals surface area contributed by atoms with Gasteiger partial charge in [0.1, 0.15) is 0 Å². The van der Waals surface area contributed by atoms with Crippen LogP contribution in [0.25, 0.3) is 0 Å². The number of amides is 2. The number of anilines is 2. The summed E-state index contributed by atoms with van der Waals surface area (Å²) in [5, 5.41) is 0. The van der Waals surface area contributed by atoms with Gasteiger partial charge in [-0.2, -0.15) is 0 Å². The Morgan fingerprint density at radius 2 is 1.44 bits per heavy atom. The average molecular weight is 477 g/mol. The van der Waals surface area contributed by atoms with E-state index >= 15 is 0 Å². The fourth-order valence-corrected chi connectivity index (χ4v) is 4.55. The molecule has 0 spiro atoms. The van der Waals surface area contributed by atoms with Crippen molar-refractivity contribution in [2.75, 3.05) is 11.4 Å². The van der Waals surface area contributed by atoms with Crippen LogP contribution in [0.3, 0.4) is 0 Å². The maximum atomic E-state index is 12.9. The Kier molecular flexibility index (Phi) is 6.80. The van der Waals surface area contributed by atoms with Crippen molar-refractivity contribution >= 4 is 23.4 Å². The highest BCUT2D eigenvalue weighted by atomic mass is 16.6. The third-order valence-electron chi connectivity index (χ3n) is 6.50. The lowest BCUT2D eigenvalue weighted by atomic mass is 9.87. The van der Waals surface area contributed by atoms with Crippen LogP contribution in [0.2, 0.25) is 0 Å². The first-order valence-corrected chi connectivity index (χ1v) is 12.2. The number of para-hydroxylation sites is 2. The molecule has 2 unspecified atom stereocenters. The van der Waals surface area contributed by atoms with E-state index in [1.807, 2.05) is 66.7 Å². The minimum atomic E-state index is -0.606. The summed E-state index contributed by atoms with van der Waals surface area (Å²) in [7, 11) is 0. The summed E-state index contributed by atoms with van der Waals surface area (Å²) in [4.78, 5) is 28.7. The molecule has 180 valence electrons. The van der Waals surface area contributed by atoms with E-state index in [0.717, 1.165) is 22.6 Å². The van der Waals surface area contributed by atoms with Crippen LogP contribution in [0.4, 0.5) is 16.2 Å². The molecule has 5 heteroatoms. The van der Waals surface area contributed by atoms with Crippen LogP contribution in [-0.4, -0.2) is 23.4 Å². The first-order chi connectivity index (χ1) is 17.6. The molecule has 1 aliphatic carbocycles. The average Bonchev–Trinajstić information content (AvgIpc) is 3.18. The normalized spacial score (nSPS) is 20.4. The summed E-state index contributed by atoms with van der Waals surface area (Å²) in [6.07, 6.45) is 8.08. The first-order valence-electron chi connectivity index (χ1n) is 12.2. The van der Waals surface area contributed by atoms with Crippen molar-refractivity contribution in [2.45, 2.75) is 13.3 Å². The number of rotatable bonds is 7. The monoisotopic (exact) mass is 476 g/mol. The number of allylic oxidation sites excluding steroid dienone is 4. The maximum absolute atomic E-state index is 12.9. The lowest BCUT2D eigenvalue weighted by Gasteiger charge is -2.30. The molecule has 2 amide bonds. The highest BCUT2D eigenvalue weighted by Crippen LogP contribution is 2.35. The molecule has 3 aromatic rings. The number of ether oxygens (including phenoxy) is 1. The van der Waals surface area contributed by atoms with Gasteiger partial charge in [-0.1, -0.05) is 85.8 Å². The number of carbonyl (C=O) groups is 2. The molecule has 1 aliphatic heterocycles. The maximum Gasteiger partial charge on any atom is 0.422 e. The number of carbonyl (C=O) groups excluding carboxylic acids is 2. The molecule has 0 saturated carbocycles. The van der Waals surface area contributed by atoms with Gasteiger partial charge >= 0.3 is 6.09 Å². The van der Waals surface area contributed by atoms with E-state index in [-0.39, 0.29) is 23.5 Å². The third-order valence-corrected chi connectivity index (χ3v) is 6.50. The van der Waals surface area contributed by atoms with Gasteiger partial charge < -0.3 is 9.64 Å². The summed E-state index contributed by atoms with van der Waals surface area (Å²) in [6, 6.07) is 30.2. The summed E-state index contributed by atoms with van der Waals surface area (Å²) in [5.74, 6) is -0.240. The first kappa shape index (κ1) is 23.4. The van der Waals surface area contributed by atoms with E-state index in [2.05, 4.69) is 54.3 Å². The minimum Gasteiger partial charge on any atom is -0.404 e. The van der Waals surface area contributed by atoms with Crippen molar-refractivity contribution < 1.29 is 14.3 Å². The summed E-state index contributed by atoms with van der Waals surface area (Å²) >= 11 is 0. The highest BCUT2D eigenvalue weighted by molar-refractivity contribution is 6.07. The molecule has 0 radical (unpaired) electrons. The second kappa shape index (κ2) is 10.5. The van der Waals surface area contributed by atoms with Crippen LogP contribution in [0, 0.1) is 11.8 Å². The number of benzene rings is 3. The second-order valence-electron chi connectivity index (χ2n) is 8.98. The van der Waals surface area contributed by atoms with Crippen LogP contribution in [0.1, 0.15) is 12.5 Å². The third kappa shape index (κ3) is 5.01. The molecule has 2 atom stereocenters. The molecular formula is C31H28N2O3. The van der Waals surface area contributed by atoms with Crippen LogP contribution >= 0.6 is 0 Å². The highest BCUT2D eigenvalue weighted by Gasteiger charge is 2.37. The number of cyclic esters (lactones) is 1. The van der Waals surface area contributed by atoms with E-state index in [1.165, 1.54) is 4.90 Å². The zero-order valence-corrected chi connectivity index (χ0v) is 20.2. The van der Waals surface area contributed by atoms with E-state index < -0.39 is 6.09 Å².